The van der Waals surface area contributed by atoms with E-state index >= 15 is 0 Å². The van der Waals surface area contributed by atoms with E-state index in [2.05, 4.69) is 15.8 Å². The molecule has 0 bridgehead atoms. The van der Waals surface area contributed by atoms with Gasteiger partial charge in [-0.1, -0.05) is 48.5 Å². The standard InChI is InChI=1S/C24H19FN4O/c25-20-12-11-18(21-22(20)28-29-23(21)26)15-9-10-17-14(13-15)5-4-8-19(17)24(30)27-16-6-2-1-3-7-16/h1-13,21-22,28H,(H2,26,29)(H,27,30). The van der Waals surface area contributed by atoms with E-state index in [0.717, 1.165) is 27.6 Å². The molecule has 1 amide bonds. The molecule has 0 saturated heterocycles. The van der Waals surface area contributed by atoms with Crippen LogP contribution in [0.4, 0.5) is 10.1 Å². The fourth-order valence-corrected chi connectivity index (χ4v) is 4.05. The van der Waals surface area contributed by atoms with Gasteiger partial charge in [-0.3, -0.25) is 10.2 Å². The third-order valence-electron chi connectivity index (χ3n) is 5.53. The second kappa shape index (κ2) is 7.15. The first-order chi connectivity index (χ1) is 14.6. The maximum absolute atomic E-state index is 14.2. The first kappa shape index (κ1) is 18.1. The van der Waals surface area contributed by atoms with Crippen LogP contribution < -0.4 is 16.5 Å². The Morgan fingerprint density at radius 1 is 1.03 bits per heavy atom. The van der Waals surface area contributed by atoms with E-state index in [1.807, 2.05) is 60.7 Å². The molecule has 2 aliphatic rings. The Morgan fingerprint density at radius 2 is 1.87 bits per heavy atom. The minimum Gasteiger partial charge on any atom is -0.385 e. The summed E-state index contributed by atoms with van der Waals surface area (Å²) in [5, 5.41) is 8.71. The molecule has 1 heterocycles. The van der Waals surface area contributed by atoms with Crippen LogP contribution in [0.3, 0.4) is 0 Å². The number of halogens is 1. The number of hydrazone groups is 1. The van der Waals surface area contributed by atoms with E-state index in [1.165, 1.54) is 6.08 Å². The van der Waals surface area contributed by atoms with Crippen molar-refractivity contribution in [1.82, 2.24) is 5.43 Å². The average molecular weight is 398 g/mol. The molecule has 2 atom stereocenters. The summed E-state index contributed by atoms with van der Waals surface area (Å²) in [6.07, 6.45) is 3.20. The number of amidine groups is 1. The lowest BCUT2D eigenvalue weighted by Crippen LogP contribution is -2.35. The van der Waals surface area contributed by atoms with Gasteiger partial charge in [0, 0.05) is 11.3 Å². The van der Waals surface area contributed by atoms with E-state index in [0.29, 0.717) is 11.4 Å². The highest BCUT2D eigenvalue weighted by Crippen LogP contribution is 2.37. The van der Waals surface area contributed by atoms with Crippen molar-refractivity contribution < 1.29 is 9.18 Å². The lowest BCUT2D eigenvalue weighted by molar-refractivity contribution is 0.102. The Bertz CT molecular complexity index is 1250. The number of nitrogens with two attached hydrogens (primary N) is 1. The predicted molar refractivity (Wildman–Crippen MR) is 118 cm³/mol. The number of hydrogen-bond acceptors (Lipinski definition) is 4. The smallest absolute Gasteiger partial charge is 0.256 e. The normalized spacial score (nSPS) is 20.0. The molecule has 1 aliphatic heterocycles. The molecular formula is C24H19FN4O. The van der Waals surface area contributed by atoms with Crippen molar-refractivity contribution in [2.75, 3.05) is 5.32 Å². The number of amides is 1. The minimum absolute atomic E-state index is 0.169. The minimum atomic E-state index is -0.566. The highest BCUT2D eigenvalue weighted by atomic mass is 19.1. The summed E-state index contributed by atoms with van der Waals surface area (Å²) in [6.45, 7) is 0. The Morgan fingerprint density at radius 3 is 2.70 bits per heavy atom. The summed E-state index contributed by atoms with van der Waals surface area (Å²) in [6, 6.07) is 20.3. The number of rotatable bonds is 3. The molecule has 30 heavy (non-hydrogen) atoms. The van der Waals surface area contributed by atoms with Gasteiger partial charge in [0.05, 0.1) is 5.92 Å². The molecule has 0 radical (unpaired) electrons. The van der Waals surface area contributed by atoms with Crippen LogP contribution in [0.15, 0.2) is 89.8 Å². The summed E-state index contributed by atoms with van der Waals surface area (Å²) in [5.41, 5.74) is 11.9. The highest BCUT2D eigenvalue weighted by Gasteiger charge is 2.38. The van der Waals surface area contributed by atoms with Crippen LogP contribution in [0.1, 0.15) is 15.9 Å². The number of para-hydroxylation sites is 1. The summed E-state index contributed by atoms with van der Waals surface area (Å²) in [7, 11) is 0. The molecule has 3 aromatic rings. The molecule has 1 aliphatic carbocycles. The van der Waals surface area contributed by atoms with Crippen LogP contribution in [0.5, 0.6) is 0 Å². The number of allylic oxidation sites excluding steroid dienone is 2. The highest BCUT2D eigenvalue weighted by molar-refractivity contribution is 6.13. The summed E-state index contributed by atoms with van der Waals surface area (Å²) < 4.78 is 14.2. The molecule has 0 spiro atoms. The van der Waals surface area contributed by atoms with Crippen LogP contribution in [0.2, 0.25) is 0 Å². The molecule has 148 valence electrons. The van der Waals surface area contributed by atoms with Crippen molar-refractivity contribution in [3.05, 3.63) is 95.8 Å². The fraction of sp³-hybridized carbons (Fsp3) is 0.0833. The van der Waals surface area contributed by atoms with Gasteiger partial charge in [-0.05, 0) is 52.3 Å². The molecule has 3 aromatic carbocycles. The molecule has 2 unspecified atom stereocenters. The van der Waals surface area contributed by atoms with Crippen LogP contribution >= 0.6 is 0 Å². The molecular weight excluding hydrogens is 379 g/mol. The van der Waals surface area contributed by atoms with Crippen molar-refractivity contribution in [3.63, 3.8) is 0 Å². The van der Waals surface area contributed by atoms with Crippen LogP contribution in [0, 0.1) is 5.92 Å². The second-order valence-electron chi connectivity index (χ2n) is 7.36. The number of carbonyl (C=O) groups excluding carboxylic acids is 1. The van der Waals surface area contributed by atoms with Gasteiger partial charge in [0.25, 0.3) is 5.91 Å². The van der Waals surface area contributed by atoms with E-state index in [4.69, 9.17) is 5.73 Å². The maximum atomic E-state index is 14.2. The molecule has 0 fully saturated rings. The Hall–Kier alpha value is -3.93. The van der Waals surface area contributed by atoms with Crippen molar-refractivity contribution in [2.45, 2.75) is 6.04 Å². The monoisotopic (exact) mass is 398 g/mol. The predicted octanol–water partition coefficient (Wildman–Crippen LogP) is 4.20. The molecule has 5 nitrogen and oxygen atoms in total. The lowest BCUT2D eigenvalue weighted by atomic mass is 9.82. The average Bonchev–Trinajstić information content (AvgIpc) is 3.16. The number of carbonyl (C=O) groups is 1. The SMILES string of the molecule is NC1=NNC2C(F)=CC=C(c3ccc4c(C(=O)Nc5ccccc5)cccc4c3)C12. The third-order valence-corrected chi connectivity index (χ3v) is 5.53. The maximum Gasteiger partial charge on any atom is 0.256 e. The number of anilines is 1. The van der Waals surface area contributed by atoms with Gasteiger partial charge < -0.3 is 11.1 Å². The van der Waals surface area contributed by atoms with E-state index in [-0.39, 0.29) is 17.7 Å². The number of benzene rings is 3. The Balaban J connectivity index is 1.52. The Kier molecular flexibility index (Phi) is 4.32. The van der Waals surface area contributed by atoms with Crippen molar-refractivity contribution >= 4 is 33.8 Å². The van der Waals surface area contributed by atoms with Crippen molar-refractivity contribution in [3.8, 4) is 0 Å². The quantitative estimate of drug-likeness (QED) is 0.619. The van der Waals surface area contributed by atoms with Gasteiger partial charge in [0.1, 0.15) is 17.7 Å². The largest absolute Gasteiger partial charge is 0.385 e. The second-order valence-corrected chi connectivity index (χ2v) is 7.36. The lowest BCUT2D eigenvalue weighted by Gasteiger charge is -2.24. The summed E-state index contributed by atoms with van der Waals surface area (Å²) in [4.78, 5) is 12.8. The van der Waals surface area contributed by atoms with Crippen LogP contribution in [-0.4, -0.2) is 17.8 Å². The Labute approximate surface area is 172 Å². The molecule has 4 N–H and O–H groups in total. The zero-order valence-electron chi connectivity index (χ0n) is 16.0. The number of nitrogens with zero attached hydrogens (tertiary/aromatic N) is 1. The zero-order valence-corrected chi connectivity index (χ0v) is 16.0. The van der Waals surface area contributed by atoms with Gasteiger partial charge in [0.2, 0.25) is 0 Å². The van der Waals surface area contributed by atoms with Crippen LogP contribution in [0.25, 0.3) is 16.3 Å². The molecule has 0 saturated carbocycles. The van der Waals surface area contributed by atoms with E-state index in [9.17, 15) is 9.18 Å². The number of fused-ring (bicyclic) bond motifs is 2. The van der Waals surface area contributed by atoms with Gasteiger partial charge >= 0.3 is 0 Å². The molecule has 6 heteroatoms. The van der Waals surface area contributed by atoms with E-state index < -0.39 is 6.04 Å². The van der Waals surface area contributed by atoms with Crippen LogP contribution in [-0.2, 0) is 0 Å². The van der Waals surface area contributed by atoms with Crippen molar-refractivity contribution in [2.24, 2.45) is 16.8 Å². The zero-order chi connectivity index (χ0) is 20.7. The molecule has 5 rings (SSSR count). The number of hydrogen-bond donors (Lipinski definition) is 3. The van der Waals surface area contributed by atoms with Gasteiger partial charge in [0.15, 0.2) is 0 Å². The topological polar surface area (TPSA) is 79.5 Å². The third kappa shape index (κ3) is 3.03. The first-order valence-electron chi connectivity index (χ1n) is 9.67. The van der Waals surface area contributed by atoms with Crippen molar-refractivity contribution in [1.29, 1.82) is 0 Å². The fourth-order valence-electron chi connectivity index (χ4n) is 4.05. The molecule has 0 aromatic heterocycles. The van der Waals surface area contributed by atoms with Gasteiger partial charge in [-0.25, -0.2) is 4.39 Å². The van der Waals surface area contributed by atoms with Gasteiger partial charge in [-0.2, -0.15) is 5.10 Å². The first-order valence-corrected chi connectivity index (χ1v) is 9.67. The summed E-state index contributed by atoms with van der Waals surface area (Å²) >= 11 is 0. The summed E-state index contributed by atoms with van der Waals surface area (Å²) in [5.74, 6) is -0.436. The van der Waals surface area contributed by atoms with Gasteiger partial charge in [-0.15, -0.1) is 0 Å². The van der Waals surface area contributed by atoms with E-state index in [1.54, 1.807) is 12.1 Å². The number of nitrogens with one attached hydrogen (secondary N) is 2.